The van der Waals surface area contributed by atoms with E-state index in [2.05, 4.69) is 37.2 Å². The molecule has 0 bridgehead atoms. The van der Waals surface area contributed by atoms with Crippen molar-refractivity contribution < 1.29 is 14.7 Å². The Balaban J connectivity index is 2.62. The van der Waals surface area contributed by atoms with Crippen molar-refractivity contribution in [3.05, 3.63) is 37.8 Å². The number of carbonyl (C=O) groups excluding carboxylic acids is 2. The third kappa shape index (κ3) is 4.45. The lowest BCUT2D eigenvalue weighted by atomic mass is 10.0. The fraction of sp³-hybridized carbons (Fsp3) is 0.286. The highest BCUT2D eigenvalue weighted by molar-refractivity contribution is 9.14. The van der Waals surface area contributed by atoms with Crippen LogP contribution in [0.5, 0.6) is 5.75 Å². The van der Waals surface area contributed by atoms with Gasteiger partial charge in [0, 0.05) is 6.54 Å². The quantitative estimate of drug-likeness (QED) is 0.585. The number of phenolic OH excluding ortho intramolecular Hbond substituents is 1. The predicted octanol–water partition coefficient (Wildman–Crippen LogP) is 2.87. The Morgan fingerprint density at radius 3 is 2.35 bits per heavy atom. The van der Waals surface area contributed by atoms with Crippen LogP contribution in [-0.4, -0.2) is 23.8 Å². The van der Waals surface area contributed by atoms with Crippen LogP contribution in [0.2, 0.25) is 0 Å². The third-order valence-electron chi connectivity index (χ3n) is 2.76. The number of rotatable bonds is 5. The SMILES string of the molecule is Cc1cc(CCNC(=O)/C(Br)=C(/Br)C=O)cc(C)c1O. The first-order valence-electron chi connectivity index (χ1n) is 5.94. The number of allylic oxidation sites excluding steroid dienone is 1. The Hall–Kier alpha value is -1.14. The molecule has 2 N–H and O–H groups in total. The number of aromatic hydroxyl groups is 1. The van der Waals surface area contributed by atoms with Crippen molar-refractivity contribution in [1.29, 1.82) is 0 Å². The Labute approximate surface area is 134 Å². The van der Waals surface area contributed by atoms with Gasteiger partial charge in [0.05, 0.1) is 8.96 Å². The van der Waals surface area contributed by atoms with Gasteiger partial charge in [0.15, 0.2) is 6.29 Å². The zero-order chi connectivity index (χ0) is 15.3. The van der Waals surface area contributed by atoms with Gasteiger partial charge in [-0.15, -0.1) is 0 Å². The maximum absolute atomic E-state index is 11.7. The fourth-order valence-corrected chi connectivity index (χ4v) is 2.16. The predicted molar refractivity (Wildman–Crippen MR) is 85.2 cm³/mol. The van der Waals surface area contributed by atoms with E-state index in [4.69, 9.17) is 0 Å². The molecule has 0 aliphatic heterocycles. The standard InChI is InChI=1S/C14H15Br2NO3/c1-8-5-10(6-9(2)13(8)19)3-4-17-14(20)12(16)11(15)7-18/h5-7,19H,3-4H2,1-2H3,(H,17,20)/b12-11-. The fourth-order valence-electron chi connectivity index (χ4n) is 1.75. The zero-order valence-corrected chi connectivity index (χ0v) is 14.3. The molecule has 0 aliphatic rings. The summed E-state index contributed by atoms with van der Waals surface area (Å²) in [6.07, 6.45) is 1.20. The number of amides is 1. The molecule has 0 spiro atoms. The maximum Gasteiger partial charge on any atom is 0.259 e. The van der Waals surface area contributed by atoms with Crippen LogP contribution in [0.4, 0.5) is 0 Å². The van der Waals surface area contributed by atoms with Gasteiger partial charge in [-0.05, 0) is 68.8 Å². The number of halogens is 2. The van der Waals surface area contributed by atoms with E-state index in [1.54, 1.807) is 0 Å². The van der Waals surface area contributed by atoms with Crippen LogP contribution in [0.1, 0.15) is 16.7 Å². The molecule has 0 radical (unpaired) electrons. The monoisotopic (exact) mass is 403 g/mol. The molecule has 1 aromatic rings. The first-order valence-corrected chi connectivity index (χ1v) is 7.53. The summed E-state index contributed by atoms with van der Waals surface area (Å²) in [5.41, 5.74) is 2.67. The first kappa shape index (κ1) is 16.9. The molecule has 0 aromatic heterocycles. The molecule has 0 saturated heterocycles. The largest absolute Gasteiger partial charge is 0.507 e. The van der Waals surface area contributed by atoms with Gasteiger partial charge in [0.2, 0.25) is 0 Å². The summed E-state index contributed by atoms with van der Waals surface area (Å²) in [5.74, 6) is -0.0467. The summed E-state index contributed by atoms with van der Waals surface area (Å²) < 4.78 is 0.344. The van der Waals surface area contributed by atoms with Crippen LogP contribution in [0.3, 0.4) is 0 Å². The van der Waals surface area contributed by atoms with E-state index in [-0.39, 0.29) is 14.9 Å². The smallest absolute Gasteiger partial charge is 0.259 e. The van der Waals surface area contributed by atoms with Gasteiger partial charge < -0.3 is 10.4 Å². The summed E-state index contributed by atoms with van der Waals surface area (Å²) in [4.78, 5) is 22.2. The van der Waals surface area contributed by atoms with Gasteiger partial charge in [-0.1, -0.05) is 12.1 Å². The minimum Gasteiger partial charge on any atom is -0.507 e. The summed E-state index contributed by atoms with van der Waals surface area (Å²) in [5, 5.41) is 12.4. The van der Waals surface area contributed by atoms with E-state index in [0.29, 0.717) is 25.0 Å². The number of hydrogen-bond acceptors (Lipinski definition) is 3. The number of nitrogens with one attached hydrogen (secondary N) is 1. The van der Waals surface area contributed by atoms with Gasteiger partial charge in [-0.25, -0.2) is 0 Å². The molecule has 108 valence electrons. The summed E-state index contributed by atoms with van der Waals surface area (Å²) in [7, 11) is 0. The van der Waals surface area contributed by atoms with Crippen LogP contribution in [0, 0.1) is 13.8 Å². The highest BCUT2D eigenvalue weighted by atomic mass is 79.9. The molecule has 0 saturated carbocycles. The number of phenols is 1. The highest BCUT2D eigenvalue weighted by Gasteiger charge is 2.10. The normalized spacial score (nSPS) is 11.8. The van der Waals surface area contributed by atoms with Crippen LogP contribution in [0.15, 0.2) is 21.1 Å². The van der Waals surface area contributed by atoms with Gasteiger partial charge in [-0.2, -0.15) is 0 Å². The summed E-state index contributed by atoms with van der Waals surface area (Å²) in [6.45, 7) is 4.12. The summed E-state index contributed by atoms with van der Waals surface area (Å²) >= 11 is 6.03. The summed E-state index contributed by atoms with van der Waals surface area (Å²) in [6, 6.07) is 3.78. The average molecular weight is 405 g/mol. The van der Waals surface area contributed by atoms with Crippen molar-refractivity contribution >= 4 is 44.1 Å². The molecular formula is C14H15Br2NO3. The lowest BCUT2D eigenvalue weighted by Crippen LogP contribution is -2.26. The number of carbonyl (C=O) groups is 2. The molecule has 20 heavy (non-hydrogen) atoms. The Morgan fingerprint density at radius 1 is 1.30 bits per heavy atom. The Kier molecular flexibility index (Phi) is 6.42. The van der Waals surface area contributed by atoms with Gasteiger partial charge in [0.1, 0.15) is 5.75 Å². The molecule has 0 aliphatic carbocycles. The lowest BCUT2D eigenvalue weighted by molar-refractivity contribution is -0.117. The number of aldehydes is 1. The van der Waals surface area contributed by atoms with Crippen LogP contribution < -0.4 is 5.32 Å². The van der Waals surface area contributed by atoms with E-state index in [1.807, 2.05) is 26.0 Å². The van der Waals surface area contributed by atoms with E-state index >= 15 is 0 Å². The second-order valence-corrected chi connectivity index (χ2v) is 6.01. The number of aryl methyl sites for hydroxylation is 2. The van der Waals surface area contributed by atoms with Crippen molar-refractivity contribution in [3.63, 3.8) is 0 Å². The topological polar surface area (TPSA) is 66.4 Å². The molecule has 6 heteroatoms. The van der Waals surface area contributed by atoms with Crippen molar-refractivity contribution in [2.45, 2.75) is 20.3 Å². The minimum atomic E-state index is -0.351. The number of benzene rings is 1. The molecule has 0 heterocycles. The van der Waals surface area contributed by atoms with E-state index in [0.717, 1.165) is 16.7 Å². The van der Waals surface area contributed by atoms with Gasteiger partial charge >= 0.3 is 0 Å². The first-order chi connectivity index (χ1) is 9.36. The molecule has 1 rings (SSSR count). The Bertz CT molecular complexity index is 545. The molecule has 4 nitrogen and oxygen atoms in total. The highest BCUT2D eigenvalue weighted by Crippen LogP contribution is 2.23. The van der Waals surface area contributed by atoms with Crippen molar-refractivity contribution in [2.75, 3.05) is 6.54 Å². The van der Waals surface area contributed by atoms with Gasteiger partial charge in [-0.3, -0.25) is 9.59 Å². The number of hydrogen-bond donors (Lipinski definition) is 2. The molecule has 1 aromatic carbocycles. The van der Waals surface area contributed by atoms with Crippen LogP contribution in [-0.2, 0) is 16.0 Å². The molecule has 0 atom stereocenters. The second-order valence-electron chi connectivity index (χ2n) is 4.36. The van der Waals surface area contributed by atoms with Crippen LogP contribution in [0.25, 0.3) is 0 Å². The lowest BCUT2D eigenvalue weighted by Gasteiger charge is -2.09. The van der Waals surface area contributed by atoms with Crippen molar-refractivity contribution in [1.82, 2.24) is 5.32 Å². The van der Waals surface area contributed by atoms with Crippen molar-refractivity contribution in [2.24, 2.45) is 0 Å². The molecule has 1 amide bonds. The second kappa shape index (κ2) is 7.59. The average Bonchev–Trinajstić information content (AvgIpc) is 2.42. The Morgan fingerprint density at radius 2 is 1.85 bits per heavy atom. The van der Waals surface area contributed by atoms with E-state index in [9.17, 15) is 14.7 Å². The van der Waals surface area contributed by atoms with Crippen molar-refractivity contribution in [3.8, 4) is 5.75 Å². The van der Waals surface area contributed by atoms with Gasteiger partial charge in [0.25, 0.3) is 5.91 Å². The maximum atomic E-state index is 11.7. The molecule has 0 fully saturated rings. The van der Waals surface area contributed by atoms with Crippen LogP contribution >= 0.6 is 31.9 Å². The molecular weight excluding hydrogens is 390 g/mol. The molecule has 0 unspecified atom stereocenters. The minimum absolute atomic E-state index is 0.172. The third-order valence-corrected chi connectivity index (χ3v) is 4.67. The zero-order valence-electron chi connectivity index (χ0n) is 11.2. The van der Waals surface area contributed by atoms with E-state index < -0.39 is 0 Å². The van der Waals surface area contributed by atoms with E-state index in [1.165, 1.54) is 0 Å².